The van der Waals surface area contributed by atoms with Gasteiger partial charge in [-0.15, -0.1) is 0 Å². The van der Waals surface area contributed by atoms with Crippen molar-refractivity contribution in [1.29, 1.82) is 0 Å². The lowest BCUT2D eigenvalue weighted by Gasteiger charge is -2.12. The summed E-state index contributed by atoms with van der Waals surface area (Å²) in [5.41, 5.74) is 0.536. The predicted octanol–water partition coefficient (Wildman–Crippen LogP) is 9.58. The molecule has 0 aliphatic rings. The standard InChI is InChI=1S/C43H48O10/c1-4-6-8-10-28-48-34-20-24-38(25-21-34)52-42(46)32-12-16-36(17-13-32)50-40(44)30-31(3)41(45)51-37-18-14-33(15-19-37)43(47)53-39-26-22-35(23-27-39)49-29-11-9-7-5-2/h12-27,31H,4-11,28-30H2,1-3H3. The maximum absolute atomic E-state index is 12.7. The first kappa shape index (κ1) is 40.1. The fraction of sp³-hybridized carbons (Fsp3) is 0.349. The molecule has 0 aliphatic heterocycles. The monoisotopic (exact) mass is 724 g/mol. The minimum absolute atomic E-state index is 0.205. The summed E-state index contributed by atoms with van der Waals surface area (Å²) in [7, 11) is 0. The molecule has 53 heavy (non-hydrogen) atoms. The molecule has 4 rings (SSSR count). The van der Waals surface area contributed by atoms with Gasteiger partial charge in [0, 0.05) is 0 Å². The second-order valence-electron chi connectivity index (χ2n) is 12.6. The predicted molar refractivity (Wildman–Crippen MR) is 200 cm³/mol. The smallest absolute Gasteiger partial charge is 0.343 e. The molecule has 10 heteroatoms. The lowest BCUT2D eigenvalue weighted by Crippen LogP contribution is -2.23. The molecule has 0 N–H and O–H groups in total. The van der Waals surface area contributed by atoms with Crippen LogP contribution in [-0.2, 0) is 9.59 Å². The average Bonchev–Trinajstić information content (AvgIpc) is 3.16. The molecular weight excluding hydrogens is 676 g/mol. The van der Waals surface area contributed by atoms with Crippen LogP contribution in [0, 0.1) is 5.92 Å². The van der Waals surface area contributed by atoms with E-state index in [1.807, 2.05) is 0 Å². The molecule has 10 nitrogen and oxygen atoms in total. The normalized spacial score (nSPS) is 11.2. The minimum Gasteiger partial charge on any atom is -0.494 e. The number of esters is 4. The Balaban J connectivity index is 1.16. The third-order valence-corrected chi connectivity index (χ3v) is 8.11. The van der Waals surface area contributed by atoms with E-state index in [9.17, 15) is 19.2 Å². The Kier molecular flexibility index (Phi) is 16.4. The van der Waals surface area contributed by atoms with Crippen molar-refractivity contribution in [2.45, 2.75) is 78.6 Å². The second-order valence-corrected chi connectivity index (χ2v) is 12.6. The van der Waals surface area contributed by atoms with Gasteiger partial charge in [-0.3, -0.25) is 9.59 Å². The highest BCUT2D eigenvalue weighted by atomic mass is 16.6. The fourth-order valence-electron chi connectivity index (χ4n) is 5.02. The van der Waals surface area contributed by atoms with Crippen molar-refractivity contribution in [1.82, 2.24) is 0 Å². The van der Waals surface area contributed by atoms with Gasteiger partial charge < -0.3 is 28.4 Å². The fourth-order valence-corrected chi connectivity index (χ4v) is 5.02. The molecular formula is C43H48O10. The highest BCUT2D eigenvalue weighted by Crippen LogP contribution is 2.23. The van der Waals surface area contributed by atoms with Gasteiger partial charge in [0.25, 0.3) is 0 Å². The molecule has 280 valence electrons. The van der Waals surface area contributed by atoms with Gasteiger partial charge in [-0.1, -0.05) is 59.3 Å². The van der Waals surface area contributed by atoms with Crippen LogP contribution in [0.25, 0.3) is 0 Å². The number of benzene rings is 4. The summed E-state index contributed by atoms with van der Waals surface area (Å²) >= 11 is 0. The topological polar surface area (TPSA) is 124 Å². The highest BCUT2D eigenvalue weighted by Gasteiger charge is 2.21. The van der Waals surface area contributed by atoms with Gasteiger partial charge in [0.1, 0.15) is 34.5 Å². The van der Waals surface area contributed by atoms with Crippen LogP contribution in [0.3, 0.4) is 0 Å². The lowest BCUT2D eigenvalue weighted by molar-refractivity contribution is -0.144. The van der Waals surface area contributed by atoms with Gasteiger partial charge in [0.15, 0.2) is 0 Å². The molecule has 0 heterocycles. The lowest BCUT2D eigenvalue weighted by atomic mass is 10.1. The number of carbonyl (C=O) groups excluding carboxylic acids is 4. The second kappa shape index (κ2) is 21.7. The largest absolute Gasteiger partial charge is 0.494 e. The molecule has 0 aromatic heterocycles. The van der Waals surface area contributed by atoms with E-state index in [0.29, 0.717) is 36.2 Å². The molecule has 0 bridgehead atoms. The van der Waals surface area contributed by atoms with E-state index in [1.165, 1.54) is 74.2 Å². The van der Waals surface area contributed by atoms with Crippen molar-refractivity contribution < 1.29 is 47.6 Å². The van der Waals surface area contributed by atoms with Crippen molar-refractivity contribution >= 4 is 23.9 Å². The van der Waals surface area contributed by atoms with Crippen LogP contribution in [0.1, 0.15) is 99.3 Å². The zero-order valence-corrected chi connectivity index (χ0v) is 30.7. The first-order valence-electron chi connectivity index (χ1n) is 18.3. The van der Waals surface area contributed by atoms with Crippen molar-refractivity contribution in [3.8, 4) is 34.5 Å². The Morgan fingerprint density at radius 1 is 0.453 bits per heavy atom. The van der Waals surface area contributed by atoms with E-state index >= 15 is 0 Å². The summed E-state index contributed by atoms with van der Waals surface area (Å²) in [5, 5.41) is 0. The Hall–Kier alpha value is -5.64. The van der Waals surface area contributed by atoms with Gasteiger partial charge in [0.2, 0.25) is 0 Å². The summed E-state index contributed by atoms with van der Waals surface area (Å²) < 4.78 is 33.1. The van der Waals surface area contributed by atoms with Crippen LogP contribution < -0.4 is 28.4 Å². The van der Waals surface area contributed by atoms with E-state index in [2.05, 4.69) is 13.8 Å². The van der Waals surface area contributed by atoms with E-state index in [0.717, 1.165) is 25.7 Å². The van der Waals surface area contributed by atoms with Gasteiger partial charge in [0.05, 0.1) is 36.7 Å². The van der Waals surface area contributed by atoms with Gasteiger partial charge in [-0.2, -0.15) is 0 Å². The summed E-state index contributed by atoms with van der Waals surface area (Å²) in [6.07, 6.45) is 8.71. The Morgan fingerprint density at radius 3 is 1.23 bits per heavy atom. The van der Waals surface area contributed by atoms with Crippen LogP contribution in [-0.4, -0.2) is 37.1 Å². The summed E-state index contributed by atoms with van der Waals surface area (Å²) in [4.78, 5) is 50.5. The Morgan fingerprint density at radius 2 is 0.811 bits per heavy atom. The Bertz CT molecular complexity index is 1730. The van der Waals surface area contributed by atoms with E-state index in [1.54, 1.807) is 55.5 Å². The van der Waals surface area contributed by atoms with Crippen molar-refractivity contribution in [3.63, 3.8) is 0 Å². The molecule has 1 unspecified atom stereocenters. The van der Waals surface area contributed by atoms with E-state index in [-0.39, 0.29) is 29.0 Å². The first-order valence-corrected chi connectivity index (χ1v) is 18.3. The SMILES string of the molecule is CCCCCCOc1ccc(OC(=O)c2ccc(OC(=O)CC(C)C(=O)Oc3ccc(C(=O)Oc4ccc(OCCCCCC)cc4)cc3)cc2)cc1. The van der Waals surface area contributed by atoms with Crippen molar-refractivity contribution in [3.05, 3.63) is 108 Å². The van der Waals surface area contributed by atoms with Crippen molar-refractivity contribution in [2.24, 2.45) is 5.92 Å². The number of rotatable bonds is 21. The van der Waals surface area contributed by atoms with Crippen molar-refractivity contribution in [2.75, 3.05) is 13.2 Å². The molecule has 1 atom stereocenters. The molecule has 0 saturated heterocycles. The van der Waals surface area contributed by atoms with Crippen LogP contribution in [0.15, 0.2) is 97.1 Å². The summed E-state index contributed by atoms with van der Waals surface area (Å²) in [6, 6.07) is 25.5. The average molecular weight is 725 g/mol. The number of hydrogen-bond donors (Lipinski definition) is 0. The molecule has 0 saturated carbocycles. The highest BCUT2D eigenvalue weighted by molar-refractivity contribution is 5.92. The summed E-state index contributed by atoms with van der Waals surface area (Å²) in [5.74, 6) is -0.671. The minimum atomic E-state index is -0.817. The Labute approximate surface area is 311 Å². The molecule has 4 aromatic rings. The maximum Gasteiger partial charge on any atom is 0.343 e. The maximum atomic E-state index is 12.7. The zero-order valence-electron chi connectivity index (χ0n) is 30.7. The molecule has 0 aliphatic carbocycles. The molecule has 0 radical (unpaired) electrons. The van der Waals surface area contributed by atoms with Crippen LogP contribution in [0.4, 0.5) is 0 Å². The number of ether oxygens (including phenoxy) is 6. The summed E-state index contributed by atoms with van der Waals surface area (Å²) in [6.45, 7) is 7.15. The van der Waals surface area contributed by atoms with Crippen LogP contribution in [0.2, 0.25) is 0 Å². The van der Waals surface area contributed by atoms with E-state index in [4.69, 9.17) is 28.4 Å². The zero-order chi connectivity index (χ0) is 37.8. The quantitative estimate of drug-likeness (QED) is 0.0466. The number of unbranched alkanes of at least 4 members (excludes halogenated alkanes) is 6. The van der Waals surface area contributed by atoms with E-state index < -0.39 is 29.8 Å². The first-order chi connectivity index (χ1) is 25.7. The van der Waals surface area contributed by atoms with Gasteiger partial charge >= 0.3 is 23.9 Å². The molecule has 0 spiro atoms. The van der Waals surface area contributed by atoms with Crippen LogP contribution >= 0.6 is 0 Å². The third kappa shape index (κ3) is 14.1. The van der Waals surface area contributed by atoms with Crippen LogP contribution in [0.5, 0.6) is 34.5 Å². The number of carbonyl (C=O) groups is 4. The molecule has 4 aromatic carbocycles. The number of hydrogen-bond acceptors (Lipinski definition) is 10. The molecule has 0 fully saturated rings. The third-order valence-electron chi connectivity index (χ3n) is 8.11. The van der Waals surface area contributed by atoms with Gasteiger partial charge in [-0.25, -0.2) is 9.59 Å². The van der Waals surface area contributed by atoms with Gasteiger partial charge in [-0.05, 0) is 110 Å². The molecule has 0 amide bonds.